The highest BCUT2D eigenvalue weighted by Crippen LogP contribution is 2.33. The summed E-state index contributed by atoms with van der Waals surface area (Å²) in [7, 11) is 0. The molecule has 1 aromatic heterocycles. The van der Waals surface area contributed by atoms with Crippen molar-refractivity contribution in [3.63, 3.8) is 0 Å². The first kappa shape index (κ1) is 20.1. The van der Waals surface area contributed by atoms with Gasteiger partial charge in [-0.05, 0) is 38.8 Å². The van der Waals surface area contributed by atoms with Crippen molar-refractivity contribution in [3.05, 3.63) is 35.5 Å². The Morgan fingerprint density at radius 1 is 1.36 bits per heavy atom. The molecule has 1 aliphatic heterocycles. The van der Waals surface area contributed by atoms with Gasteiger partial charge in [0.1, 0.15) is 5.56 Å². The van der Waals surface area contributed by atoms with E-state index in [0.717, 1.165) is 41.5 Å². The summed E-state index contributed by atoms with van der Waals surface area (Å²) < 4.78 is 5.29. The van der Waals surface area contributed by atoms with Crippen LogP contribution in [0, 0.1) is 12.8 Å². The first-order valence-electron chi connectivity index (χ1n) is 10.0. The van der Waals surface area contributed by atoms with E-state index in [1.165, 1.54) is 0 Å². The van der Waals surface area contributed by atoms with Gasteiger partial charge in [-0.1, -0.05) is 25.5 Å². The molecule has 0 aliphatic carbocycles. The molecule has 0 bridgehead atoms. The molecule has 1 aliphatic rings. The number of carbonyl (C=O) groups is 2. The van der Waals surface area contributed by atoms with Gasteiger partial charge in [0.2, 0.25) is 5.91 Å². The molecule has 2 heterocycles. The number of aromatic nitrogens is 1. The van der Waals surface area contributed by atoms with E-state index in [1.807, 2.05) is 32.9 Å². The SMILES string of the molecule is CCOC(=O)c1cnc2ccc(C)cc2c1N1CCCC(NC(=O)C(C)C)C1. The van der Waals surface area contributed by atoms with Crippen molar-refractivity contribution >= 4 is 28.5 Å². The molecular weight excluding hydrogens is 354 g/mol. The van der Waals surface area contributed by atoms with Gasteiger partial charge in [-0.25, -0.2) is 4.79 Å². The summed E-state index contributed by atoms with van der Waals surface area (Å²) in [5, 5.41) is 4.08. The van der Waals surface area contributed by atoms with Crippen LogP contribution in [-0.2, 0) is 9.53 Å². The van der Waals surface area contributed by atoms with Gasteiger partial charge in [-0.2, -0.15) is 0 Å². The van der Waals surface area contributed by atoms with Gasteiger partial charge in [0.05, 0.1) is 17.8 Å². The zero-order valence-corrected chi connectivity index (χ0v) is 17.1. The number of rotatable bonds is 5. The molecule has 2 aromatic rings. The van der Waals surface area contributed by atoms with Gasteiger partial charge in [0.25, 0.3) is 0 Å². The monoisotopic (exact) mass is 383 g/mol. The standard InChI is InChI=1S/C22H29N3O3/c1-5-28-22(27)18-12-23-19-9-8-15(4)11-17(19)20(18)25-10-6-7-16(13-25)24-21(26)14(2)3/h8-9,11-12,14,16H,5-7,10,13H2,1-4H3,(H,24,26). The van der Waals surface area contributed by atoms with Crippen molar-refractivity contribution in [2.75, 3.05) is 24.6 Å². The maximum Gasteiger partial charge on any atom is 0.341 e. The Labute approximate surface area is 166 Å². The van der Waals surface area contributed by atoms with Gasteiger partial charge in [0, 0.05) is 36.6 Å². The molecule has 1 N–H and O–H groups in total. The van der Waals surface area contributed by atoms with Crippen LogP contribution in [0.25, 0.3) is 10.9 Å². The lowest BCUT2D eigenvalue weighted by Gasteiger charge is -2.36. The molecular formula is C22H29N3O3. The summed E-state index contributed by atoms with van der Waals surface area (Å²) in [6, 6.07) is 6.12. The first-order valence-corrected chi connectivity index (χ1v) is 10.0. The Kier molecular flexibility index (Phi) is 6.17. The molecule has 1 saturated heterocycles. The smallest absolute Gasteiger partial charge is 0.341 e. The topological polar surface area (TPSA) is 71.5 Å². The number of nitrogens with zero attached hydrogens (tertiary/aromatic N) is 2. The molecule has 1 unspecified atom stereocenters. The third-order valence-electron chi connectivity index (χ3n) is 5.10. The van der Waals surface area contributed by atoms with Crippen molar-refractivity contribution in [2.24, 2.45) is 5.92 Å². The summed E-state index contributed by atoms with van der Waals surface area (Å²) in [6.45, 7) is 9.43. The maximum absolute atomic E-state index is 12.6. The van der Waals surface area contributed by atoms with Gasteiger partial charge in [-0.15, -0.1) is 0 Å². The molecule has 6 heteroatoms. The number of hydrogen-bond donors (Lipinski definition) is 1. The largest absolute Gasteiger partial charge is 0.462 e. The Morgan fingerprint density at radius 2 is 2.14 bits per heavy atom. The van der Waals surface area contributed by atoms with Crippen molar-refractivity contribution < 1.29 is 14.3 Å². The molecule has 28 heavy (non-hydrogen) atoms. The predicted molar refractivity (Wildman–Crippen MR) is 111 cm³/mol. The number of benzene rings is 1. The fourth-order valence-electron chi connectivity index (χ4n) is 3.66. The summed E-state index contributed by atoms with van der Waals surface area (Å²) in [4.78, 5) is 31.5. The number of piperidine rings is 1. The van der Waals surface area contributed by atoms with E-state index in [-0.39, 0.29) is 23.8 Å². The third-order valence-corrected chi connectivity index (χ3v) is 5.10. The van der Waals surface area contributed by atoms with Crippen LogP contribution in [0.4, 0.5) is 5.69 Å². The molecule has 1 amide bonds. The zero-order valence-electron chi connectivity index (χ0n) is 17.1. The lowest BCUT2D eigenvalue weighted by atomic mass is 10.00. The predicted octanol–water partition coefficient (Wildman–Crippen LogP) is 3.46. The number of nitrogens with one attached hydrogen (secondary N) is 1. The Bertz CT molecular complexity index is 879. The summed E-state index contributed by atoms with van der Waals surface area (Å²) >= 11 is 0. The molecule has 0 spiro atoms. The number of fused-ring (bicyclic) bond motifs is 1. The first-order chi connectivity index (χ1) is 13.4. The van der Waals surface area contributed by atoms with Crippen LogP contribution in [0.15, 0.2) is 24.4 Å². The third kappa shape index (κ3) is 4.26. The van der Waals surface area contributed by atoms with Crippen LogP contribution in [-0.4, -0.2) is 42.6 Å². The average Bonchev–Trinajstić information content (AvgIpc) is 2.67. The summed E-state index contributed by atoms with van der Waals surface area (Å²) in [5.74, 6) is -0.343. The van der Waals surface area contributed by atoms with Gasteiger partial charge < -0.3 is 15.0 Å². The quantitative estimate of drug-likeness (QED) is 0.801. The Hall–Kier alpha value is -2.63. The lowest BCUT2D eigenvalue weighted by molar-refractivity contribution is -0.124. The van der Waals surface area contributed by atoms with Crippen molar-refractivity contribution in [2.45, 2.75) is 46.6 Å². The fraction of sp³-hybridized carbons (Fsp3) is 0.500. The Balaban J connectivity index is 2.01. The number of carbonyl (C=O) groups excluding carboxylic acids is 2. The van der Waals surface area contributed by atoms with E-state index in [4.69, 9.17) is 4.74 Å². The molecule has 1 aromatic carbocycles. The summed E-state index contributed by atoms with van der Waals surface area (Å²) in [5.41, 5.74) is 3.30. The molecule has 0 saturated carbocycles. The second kappa shape index (κ2) is 8.59. The molecule has 1 fully saturated rings. The number of pyridine rings is 1. The number of amides is 1. The zero-order chi connectivity index (χ0) is 20.3. The number of aryl methyl sites for hydroxylation is 1. The minimum atomic E-state index is -0.359. The number of ether oxygens (including phenoxy) is 1. The average molecular weight is 383 g/mol. The van der Waals surface area contributed by atoms with Crippen LogP contribution in [0.3, 0.4) is 0 Å². The fourth-order valence-corrected chi connectivity index (χ4v) is 3.66. The minimum absolute atomic E-state index is 0.0464. The molecule has 1 atom stereocenters. The van der Waals surface area contributed by atoms with Crippen molar-refractivity contribution in [1.29, 1.82) is 0 Å². The normalized spacial score (nSPS) is 17.0. The van der Waals surface area contributed by atoms with Crippen LogP contribution in [0.1, 0.15) is 49.5 Å². The highest BCUT2D eigenvalue weighted by Gasteiger charge is 2.27. The number of hydrogen-bond acceptors (Lipinski definition) is 5. The van der Waals surface area contributed by atoms with Crippen molar-refractivity contribution in [1.82, 2.24) is 10.3 Å². The molecule has 0 radical (unpaired) electrons. The van der Waals surface area contributed by atoms with Gasteiger partial charge in [-0.3, -0.25) is 9.78 Å². The molecule has 3 rings (SSSR count). The lowest BCUT2D eigenvalue weighted by Crippen LogP contribution is -2.49. The van der Waals surface area contributed by atoms with Crippen LogP contribution >= 0.6 is 0 Å². The highest BCUT2D eigenvalue weighted by molar-refractivity contribution is 6.05. The summed E-state index contributed by atoms with van der Waals surface area (Å²) in [6.07, 6.45) is 3.49. The van der Waals surface area contributed by atoms with Crippen molar-refractivity contribution in [3.8, 4) is 0 Å². The maximum atomic E-state index is 12.6. The van der Waals surface area contributed by atoms with E-state index >= 15 is 0 Å². The van der Waals surface area contributed by atoms with E-state index in [2.05, 4.69) is 21.3 Å². The number of esters is 1. The van der Waals surface area contributed by atoms with E-state index in [1.54, 1.807) is 13.1 Å². The molecule has 150 valence electrons. The molecule has 6 nitrogen and oxygen atoms in total. The van der Waals surface area contributed by atoms with E-state index < -0.39 is 0 Å². The van der Waals surface area contributed by atoms with E-state index in [0.29, 0.717) is 18.7 Å². The van der Waals surface area contributed by atoms with Gasteiger partial charge in [0.15, 0.2) is 0 Å². The number of anilines is 1. The van der Waals surface area contributed by atoms with E-state index in [9.17, 15) is 9.59 Å². The van der Waals surface area contributed by atoms with Crippen LogP contribution < -0.4 is 10.2 Å². The second-order valence-corrected chi connectivity index (χ2v) is 7.71. The Morgan fingerprint density at radius 3 is 2.86 bits per heavy atom. The highest BCUT2D eigenvalue weighted by atomic mass is 16.5. The second-order valence-electron chi connectivity index (χ2n) is 7.71. The minimum Gasteiger partial charge on any atom is -0.462 e. The van der Waals surface area contributed by atoms with Crippen LogP contribution in [0.5, 0.6) is 0 Å². The van der Waals surface area contributed by atoms with Gasteiger partial charge >= 0.3 is 5.97 Å². The van der Waals surface area contributed by atoms with Crippen LogP contribution in [0.2, 0.25) is 0 Å².